The molecule has 3 unspecified atom stereocenters. The third kappa shape index (κ3) is 3.80. The van der Waals surface area contributed by atoms with Crippen molar-refractivity contribution >= 4 is 0 Å². The van der Waals surface area contributed by atoms with E-state index in [9.17, 15) is 0 Å². The lowest BCUT2D eigenvalue weighted by Gasteiger charge is -2.44. The van der Waals surface area contributed by atoms with Gasteiger partial charge in [-0.05, 0) is 38.5 Å². The normalized spacial score (nSPS) is 31.2. The number of methoxy groups -OCH3 is 1. The fourth-order valence-electron chi connectivity index (χ4n) is 3.08. The van der Waals surface area contributed by atoms with Gasteiger partial charge in [-0.15, -0.1) is 6.58 Å². The predicted octanol–water partition coefficient (Wildman–Crippen LogP) is 2.77. The second-order valence-corrected chi connectivity index (χ2v) is 5.69. The lowest BCUT2D eigenvalue weighted by Crippen LogP contribution is -2.56. The van der Waals surface area contributed by atoms with Crippen molar-refractivity contribution in [3.8, 4) is 0 Å². The number of hydrazine groups is 1. The molecule has 1 rings (SSSR count). The van der Waals surface area contributed by atoms with Gasteiger partial charge in [-0.3, -0.25) is 11.3 Å². The Morgan fingerprint density at radius 1 is 1.65 bits per heavy atom. The van der Waals surface area contributed by atoms with Crippen LogP contribution in [-0.2, 0) is 4.74 Å². The maximum Gasteiger partial charge on any atom is 0.0847 e. The van der Waals surface area contributed by atoms with E-state index in [0.29, 0.717) is 0 Å². The molecule has 0 aromatic carbocycles. The minimum Gasteiger partial charge on any atom is -0.377 e. The summed E-state index contributed by atoms with van der Waals surface area (Å²) in [5, 5.41) is 0. The molecule has 100 valence electrons. The summed E-state index contributed by atoms with van der Waals surface area (Å²) >= 11 is 0. The van der Waals surface area contributed by atoms with Gasteiger partial charge in [0.15, 0.2) is 0 Å². The van der Waals surface area contributed by atoms with Crippen LogP contribution in [0.3, 0.4) is 0 Å². The topological polar surface area (TPSA) is 47.3 Å². The summed E-state index contributed by atoms with van der Waals surface area (Å²) in [5.74, 6) is 6.46. The van der Waals surface area contributed by atoms with Crippen LogP contribution in [0.2, 0.25) is 0 Å². The highest BCUT2D eigenvalue weighted by atomic mass is 16.5. The molecule has 1 fully saturated rings. The maximum absolute atomic E-state index is 5.86. The fourth-order valence-corrected chi connectivity index (χ4v) is 3.08. The van der Waals surface area contributed by atoms with Crippen molar-refractivity contribution in [1.29, 1.82) is 0 Å². The van der Waals surface area contributed by atoms with Gasteiger partial charge in [0.05, 0.1) is 11.6 Å². The van der Waals surface area contributed by atoms with Crippen molar-refractivity contribution in [3.05, 3.63) is 12.2 Å². The van der Waals surface area contributed by atoms with E-state index < -0.39 is 0 Å². The van der Waals surface area contributed by atoms with Gasteiger partial charge in [0.1, 0.15) is 0 Å². The van der Waals surface area contributed by atoms with Gasteiger partial charge in [-0.2, -0.15) is 0 Å². The number of hydrogen-bond donors (Lipinski definition) is 2. The molecule has 3 N–H and O–H groups in total. The average Bonchev–Trinajstić information content (AvgIpc) is 2.29. The summed E-state index contributed by atoms with van der Waals surface area (Å²) in [7, 11) is 1.82. The van der Waals surface area contributed by atoms with E-state index in [4.69, 9.17) is 10.6 Å². The van der Waals surface area contributed by atoms with Crippen LogP contribution < -0.4 is 11.3 Å². The van der Waals surface area contributed by atoms with Crippen molar-refractivity contribution in [2.24, 2.45) is 11.8 Å². The Morgan fingerprint density at radius 3 is 2.82 bits per heavy atom. The summed E-state index contributed by atoms with van der Waals surface area (Å²) in [4.78, 5) is 0. The molecule has 0 aliphatic heterocycles. The van der Waals surface area contributed by atoms with Crippen LogP contribution in [0.5, 0.6) is 0 Å². The van der Waals surface area contributed by atoms with Crippen molar-refractivity contribution in [3.63, 3.8) is 0 Å². The number of ether oxygens (including phenoxy) is 1. The van der Waals surface area contributed by atoms with E-state index in [0.717, 1.165) is 31.6 Å². The highest BCUT2D eigenvalue weighted by Gasteiger charge is 2.41. The lowest BCUT2D eigenvalue weighted by molar-refractivity contribution is -0.0808. The van der Waals surface area contributed by atoms with Gasteiger partial charge < -0.3 is 4.74 Å². The van der Waals surface area contributed by atoms with E-state index in [1.54, 1.807) is 0 Å². The van der Waals surface area contributed by atoms with Gasteiger partial charge >= 0.3 is 0 Å². The molecule has 0 aromatic heterocycles. The molecule has 0 amide bonds. The molecule has 0 aromatic rings. The smallest absolute Gasteiger partial charge is 0.0847 e. The quantitative estimate of drug-likeness (QED) is 0.426. The zero-order chi connectivity index (χ0) is 12.9. The third-order valence-electron chi connectivity index (χ3n) is 4.09. The highest BCUT2D eigenvalue weighted by Crippen LogP contribution is 2.38. The van der Waals surface area contributed by atoms with Crippen molar-refractivity contribution in [2.45, 2.75) is 64.0 Å². The number of nitrogens with one attached hydrogen (secondary N) is 1. The monoisotopic (exact) mass is 240 g/mol. The zero-order valence-corrected chi connectivity index (χ0v) is 11.6. The minimum atomic E-state index is -0.0815. The molecule has 0 spiro atoms. The summed E-state index contributed by atoms with van der Waals surface area (Å²) in [6.07, 6.45) is 6.78. The van der Waals surface area contributed by atoms with E-state index in [1.165, 1.54) is 18.4 Å². The van der Waals surface area contributed by atoms with Crippen molar-refractivity contribution < 1.29 is 4.74 Å². The zero-order valence-electron chi connectivity index (χ0n) is 11.6. The molecule has 1 aliphatic carbocycles. The molecule has 1 aliphatic rings. The van der Waals surface area contributed by atoms with Crippen LogP contribution in [0.15, 0.2) is 12.2 Å². The Labute approximate surface area is 106 Å². The Morgan fingerprint density at radius 2 is 2.35 bits per heavy atom. The van der Waals surface area contributed by atoms with Gasteiger partial charge in [0, 0.05) is 7.11 Å². The molecular weight excluding hydrogens is 212 g/mol. The number of hydrogen-bond acceptors (Lipinski definition) is 3. The number of allylic oxidation sites excluding steroid dienone is 1. The van der Waals surface area contributed by atoms with Crippen LogP contribution in [0, 0.1) is 5.92 Å². The van der Waals surface area contributed by atoms with E-state index in [1.807, 2.05) is 7.11 Å². The Kier molecular flexibility index (Phi) is 5.63. The van der Waals surface area contributed by atoms with Gasteiger partial charge in [0.25, 0.3) is 0 Å². The molecular formula is C14H28N2O. The van der Waals surface area contributed by atoms with Crippen molar-refractivity contribution in [1.82, 2.24) is 5.43 Å². The predicted molar refractivity (Wildman–Crippen MR) is 72.5 cm³/mol. The van der Waals surface area contributed by atoms with Crippen LogP contribution in [-0.4, -0.2) is 18.8 Å². The fraction of sp³-hybridized carbons (Fsp3) is 0.857. The standard InChI is InChI=1S/C14H28N2O/c1-11(2)7-8-13(16-15)14(17-4)9-5-6-12(3)10-14/h12-13,16H,1,5-10,15H2,2-4H3. The van der Waals surface area contributed by atoms with E-state index in [2.05, 4.69) is 25.9 Å². The molecule has 0 radical (unpaired) electrons. The highest BCUT2D eigenvalue weighted by molar-refractivity contribution is 4.99. The largest absolute Gasteiger partial charge is 0.377 e. The van der Waals surface area contributed by atoms with Crippen LogP contribution >= 0.6 is 0 Å². The van der Waals surface area contributed by atoms with Crippen LogP contribution in [0.1, 0.15) is 52.4 Å². The Hall–Kier alpha value is -0.380. The molecule has 0 bridgehead atoms. The summed E-state index contributed by atoms with van der Waals surface area (Å²) < 4.78 is 5.86. The van der Waals surface area contributed by atoms with Gasteiger partial charge in [-0.25, -0.2) is 0 Å². The minimum absolute atomic E-state index is 0.0815. The molecule has 3 heteroatoms. The molecule has 3 nitrogen and oxygen atoms in total. The second-order valence-electron chi connectivity index (χ2n) is 5.69. The first-order valence-corrected chi connectivity index (χ1v) is 6.69. The van der Waals surface area contributed by atoms with Gasteiger partial charge in [-0.1, -0.05) is 25.3 Å². The Bertz CT molecular complexity index is 255. The van der Waals surface area contributed by atoms with Crippen LogP contribution in [0.25, 0.3) is 0 Å². The first-order valence-electron chi connectivity index (χ1n) is 6.69. The maximum atomic E-state index is 5.86. The lowest BCUT2D eigenvalue weighted by atomic mass is 9.73. The second kappa shape index (κ2) is 6.53. The SMILES string of the molecule is C=C(C)CCC(NN)C1(OC)CCCC(C)C1. The summed E-state index contributed by atoms with van der Waals surface area (Å²) in [6.45, 7) is 8.33. The van der Waals surface area contributed by atoms with Crippen LogP contribution in [0.4, 0.5) is 0 Å². The molecule has 0 saturated heterocycles. The Balaban J connectivity index is 2.69. The van der Waals surface area contributed by atoms with Crippen molar-refractivity contribution in [2.75, 3.05) is 7.11 Å². The molecule has 0 heterocycles. The third-order valence-corrected chi connectivity index (χ3v) is 4.09. The van der Waals surface area contributed by atoms with E-state index >= 15 is 0 Å². The summed E-state index contributed by atoms with van der Waals surface area (Å²) in [5.41, 5.74) is 4.10. The summed E-state index contributed by atoms with van der Waals surface area (Å²) in [6, 6.07) is 0.229. The molecule has 1 saturated carbocycles. The first kappa shape index (κ1) is 14.7. The van der Waals surface area contributed by atoms with Gasteiger partial charge in [0.2, 0.25) is 0 Å². The molecule has 3 atom stereocenters. The number of rotatable bonds is 6. The average molecular weight is 240 g/mol. The number of nitrogens with two attached hydrogens (primary N) is 1. The molecule has 17 heavy (non-hydrogen) atoms. The first-order chi connectivity index (χ1) is 8.04. The van der Waals surface area contributed by atoms with E-state index in [-0.39, 0.29) is 11.6 Å².